The molecule has 41 heavy (non-hydrogen) atoms. The topological polar surface area (TPSA) is 140 Å². The SMILES string of the molecule is Cc1cccc(C)c1-n1c(SCC(=O)Nc2ccc(C(=O)O)cc2)nnc1-c1cccc([S+](=O)([O-])N2CCCC2)c1. The molecule has 1 aliphatic rings. The summed E-state index contributed by atoms with van der Waals surface area (Å²) in [6, 6.07) is 18.6. The number of sulfonamides is 1. The second-order valence-electron chi connectivity index (χ2n) is 9.74. The lowest BCUT2D eigenvalue weighted by atomic mass is 10.1. The van der Waals surface area contributed by atoms with Crippen LogP contribution in [0, 0.1) is 13.8 Å². The minimum absolute atomic E-state index is 0.0210. The molecule has 10 nitrogen and oxygen atoms in total. The van der Waals surface area contributed by atoms with Crippen LogP contribution in [0.4, 0.5) is 5.69 Å². The molecule has 1 saturated heterocycles. The van der Waals surface area contributed by atoms with Gasteiger partial charge in [0.2, 0.25) is 5.91 Å². The molecule has 5 rings (SSSR count). The number of carbonyl (C=O) groups is 2. The molecule has 0 radical (unpaired) electrons. The van der Waals surface area contributed by atoms with Crippen LogP contribution < -0.4 is 5.32 Å². The fourth-order valence-electron chi connectivity index (χ4n) is 4.81. The number of thioether (sulfide) groups is 1. The van der Waals surface area contributed by atoms with Crippen molar-refractivity contribution < 1.29 is 23.5 Å². The maximum Gasteiger partial charge on any atom is 0.335 e. The number of nitrogens with zero attached hydrogens (tertiary/aromatic N) is 4. The van der Waals surface area contributed by atoms with E-state index in [0.29, 0.717) is 35.3 Å². The van der Waals surface area contributed by atoms with Gasteiger partial charge in [-0.1, -0.05) is 46.3 Å². The summed E-state index contributed by atoms with van der Waals surface area (Å²) < 4.78 is 29.9. The van der Waals surface area contributed by atoms with Gasteiger partial charge in [0.05, 0.1) is 17.0 Å². The van der Waals surface area contributed by atoms with Gasteiger partial charge in [-0.15, -0.1) is 14.5 Å². The van der Waals surface area contributed by atoms with Crippen LogP contribution in [0.1, 0.15) is 34.3 Å². The highest BCUT2D eigenvalue weighted by atomic mass is 32.3. The average molecular weight is 592 g/mol. The van der Waals surface area contributed by atoms with Gasteiger partial charge >= 0.3 is 5.97 Å². The fourth-order valence-corrected chi connectivity index (χ4v) is 7.11. The number of aromatic nitrogens is 3. The minimum atomic E-state index is -3.63. The van der Waals surface area contributed by atoms with Gasteiger partial charge in [0.25, 0.3) is 0 Å². The van der Waals surface area contributed by atoms with E-state index in [0.717, 1.165) is 29.7 Å². The number of nitrogens with one attached hydrogen (secondary N) is 1. The molecule has 0 spiro atoms. The smallest absolute Gasteiger partial charge is 0.335 e. The second kappa shape index (κ2) is 12.0. The molecule has 1 unspecified atom stereocenters. The fraction of sp³-hybridized carbons (Fsp3) is 0.241. The number of aryl methyl sites for hydroxylation is 2. The van der Waals surface area contributed by atoms with E-state index in [1.165, 1.54) is 40.3 Å². The van der Waals surface area contributed by atoms with Crippen LogP contribution in [0.5, 0.6) is 0 Å². The van der Waals surface area contributed by atoms with Gasteiger partial charge in [0.15, 0.2) is 26.3 Å². The Morgan fingerprint density at radius 2 is 1.66 bits per heavy atom. The van der Waals surface area contributed by atoms with Crippen molar-refractivity contribution in [3.8, 4) is 17.1 Å². The number of amides is 1. The van der Waals surface area contributed by atoms with Crippen LogP contribution in [0.25, 0.3) is 17.1 Å². The molecular weight excluding hydrogens is 562 g/mol. The van der Waals surface area contributed by atoms with E-state index in [9.17, 15) is 18.4 Å². The zero-order valence-electron chi connectivity index (χ0n) is 22.6. The van der Waals surface area contributed by atoms with Crippen molar-refractivity contribution in [2.45, 2.75) is 36.7 Å². The monoisotopic (exact) mass is 591 g/mol. The molecule has 1 aromatic heterocycles. The lowest BCUT2D eigenvalue weighted by Gasteiger charge is -2.23. The Balaban J connectivity index is 1.46. The molecule has 1 fully saturated rings. The van der Waals surface area contributed by atoms with Crippen LogP contribution in [0.15, 0.2) is 76.8 Å². The molecule has 2 heterocycles. The van der Waals surface area contributed by atoms with Gasteiger partial charge in [-0.25, -0.2) is 4.79 Å². The van der Waals surface area contributed by atoms with Crippen LogP contribution in [0.2, 0.25) is 0 Å². The zero-order valence-corrected chi connectivity index (χ0v) is 24.2. The molecule has 0 bridgehead atoms. The van der Waals surface area contributed by atoms with E-state index in [4.69, 9.17) is 5.11 Å². The van der Waals surface area contributed by atoms with Crippen LogP contribution in [-0.2, 0) is 19.4 Å². The Morgan fingerprint density at radius 1 is 1.00 bits per heavy atom. The minimum Gasteiger partial charge on any atom is -0.593 e. The number of carbonyl (C=O) groups excluding carboxylic acids is 1. The van der Waals surface area contributed by atoms with Crippen molar-refractivity contribution in [1.82, 2.24) is 19.1 Å². The predicted molar refractivity (Wildman–Crippen MR) is 157 cm³/mol. The molecule has 4 aromatic rings. The predicted octanol–water partition coefficient (Wildman–Crippen LogP) is 4.98. The third-order valence-electron chi connectivity index (χ3n) is 6.84. The molecule has 1 aliphatic heterocycles. The second-order valence-corrected chi connectivity index (χ2v) is 12.6. The molecule has 1 amide bonds. The van der Waals surface area contributed by atoms with Gasteiger partial charge in [-0.05, 0) is 68.1 Å². The number of carboxylic acid groups (broad SMARTS) is 1. The zero-order chi connectivity index (χ0) is 29.1. The average Bonchev–Trinajstić information content (AvgIpc) is 3.64. The first kappa shape index (κ1) is 28.7. The summed E-state index contributed by atoms with van der Waals surface area (Å²) in [6.45, 7) is 4.97. The van der Waals surface area contributed by atoms with Gasteiger partial charge in [0.1, 0.15) is 0 Å². The molecule has 3 aromatic carbocycles. The normalized spacial score (nSPS) is 15.0. The van der Waals surface area contributed by atoms with E-state index >= 15 is 0 Å². The Labute approximate surface area is 243 Å². The highest BCUT2D eigenvalue weighted by Gasteiger charge is 2.33. The van der Waals surface area contributed by atoms with Crippen molar-refractivity contribution in [3.05, 3.63) is 83.4 Å². The summed E-state index contributed by atoms with van der Waals surface area (Å²) in [4.78, 5) is 24.1. The molecule has 12 heteroatoms. The first-order valence-corrected chi connectivity index (χ1v) is 15.5. The van der Waals surface area contributed by atoms with Crippen molar-refractivity contribution in [1.29, 1.82) is 0 Å². The van der Waals surface area contributed by atoms with E-state index in [2.05, 4.69) is 15.5 Å². The Morgan fingerprint density at radius 3 is 2.32 bits per heavy atom. The number of rotatable bonds is 9. The lowest BCUT2D eigenvalue weighted by Crippen LogP contribution is -2.33. The Hall–Kier alpha value is -3.84. The Bertz CT molecular complexity index is 1630. The molecule has 0 aliphatic carbocycles. The number of carboxylic acids is 1. The highest BCUT2D eigenvalue weighted by molar-refractivity contribution is 7.99. The highest BCUT2D eigenvalue weighted by Crippen LogP contribution is 2.34. The maximum atomic E-state index is 13.3. The summed E-state index contributed by atoms with van der Waals surface area (Å²) in [5, 5.41) is 21.2. The van der Waals surface area contributed by atoms with E-state index < -0.39 is 16.4 Å². The number of aromatic carboxylic acids is 1. The lowest BCUT2D eigenvalue weighted by molar-refractivity contribution is -0.113. The van der Waals surface area contributed by atoms with Crippen molar-refractivity contribution >= 4 is 39.7 Å². The van der Waals surface area contributed by atoms with Gasteiger partial charge < -0.3 is 15.0 Å². The van der Waals surface area contributed by atoms with Crippen molar-refractivity contribution in [3.63, 3.8) is 0 Å². The van der Waals surface area contributed by atoms with E-state index in [-0.39, 0.29) is 22.1 Å². The summed E-state index contributed by atoms with van der Waals surface area (Å²) in [5.41, 5.74) is 3.99. The third-order valence-corrected chi connectivity index (χ3v) is 9.66. The van der Waals surface area contributed by atoms with Crippen molar-refractivity contribution in [2.24, 2.45) is 0 Å². The first-order chi connectivity index (χ1) is 19.6. The molecule has 2 N–H and O–H groups in total. The third kappa shape index (κ3) is 6.10. The van der Waals surface area contributed by atoms with E-state index in [1.54, 1.807) is 24.3 Å². The summed E-state index contributed by atoms with van der Waals surface area (Å²) in [5.74, 6) is -0.852. The van der Waals surface area contributed by atoms with Gasteiger partial charge in [0, 0.05) is 30.4 Å². The summed E-state index contributed by atoms with van der Waals surface area (Å²) in [6.07, 6.45) is 1.70. The molecule has 212 valence electrons. The standard InChI is InChI=1S/C29H29N5O5S2/c1-19-7-5-8-20(2)26(19)34-27(22-9-6-10-24(17-22)41(38,39)33-15-3-4-16-33)31-32-29(34)40-18-25(35)30-23-13-11-21(12-14-23)28(36)37/h5-14,17H,3-4,15-16,18H2,1-2H3,(H2-,30,35,36,37,38,39). The number of benzene rings is 3. The van der Waals surface area contributed by atoms with Crippen molar-refractivity contribution in [2.75, 3.05) is 24.2 Å². The van der Waals surface area contributed by atoms with Crippen LogP contribution in [0.3, 0.4) is 0 Å². The summed E-state index contributed by atoms with van der Waals surface area (Å²) >= 11 is 1.20. The largest absolute Gasteiger partial charge is 0.593 e. The number of hydrogen-bond acceptors (Lipinski definition) is 7. The Kier molecular flexibility index (Phi) is 8.36. The number of hydrogen-bond donors (Lipinski definition) is 2. The quantitative estimate of drug-likeness (QED) is 0.205. The maximum absolute atomic E-state index is 13.3. The molecule has 1 atom stereocenters. The number of para-hydroxylation sites is 1. The first-order valence-electron chi connectivity index (χ1n) is 13.0. The van der Waals surface area contributed by atoms with Crippen LogP contribution in [-0.4, -0.2) is 59.4 Å². The summed E-state index contributed by atoms with van der Waals surface area (Å²) in [7, 11) is -3.63. The number of anilines is 1. The van der Waals surface area contributed by atoms with E-state index in [1.807, 2.05) is 36.6 Å². The molecule has 0 saturated carbocycles. The molecular formula is C29H29N5O5S2. The van der Waals surface area contributed by atoms with Gasteiger partial charge in [-0.2, -0.15) is 0 Å². The van der Waals surface area contributed by atoms with Crippen LogP contribution >= 0.6 is 11.8 Å². The van der Waals surface area contributed by atoms with Gasteiger partial charge in [-0.3, -0.25) is 9.36 Å².